The number of aromatic nitrogens is 2. The summed E-state index contributed by atoms with van der Waals surface area (Å²) in [7, 11) is 3.31. The quantitative estimate of drug-likeness (QED) is 0.767. The molecule has 0 radical (unpaired) electrons. The van der Waals surface area contributed by atoms with Crippen molar-refractivity contribution in [2.24, 2.45) is 0 Å². The third-order valence-electron chi connectivity index (χ3n) is 4.43. The number of aryl methyl sites for hydroxylation is 1. The minimum Gasteiger partial charge on any atom is -0.382 e. The van der Waals surface area contributed by atoms with Crippen molar-refractivity contribution in [1.82, 2.24) is 20.1 Å². The molecule has 8 heteroatoms. The van der Waals surface area contributed by atoms with E-state index in [1.54, 1.807) is 30.9 Å². The topological polar surface area (TPSA) is 88.8 Å². The normalized spacial score (nSPS) is 20.8. The SMILES string of the molecule is COC[C@]1(CC(=O)N(C)Cc2nonc2C)CCCN1C(C)=O. The van der Waals surface area contributed by atoms with Gasteiger partial charge in [0.15, 0.2) is 0 Å². The van der Waals surface area contributed by atoms with E-state index < -0.39 is 5.54 Å². The van der Waals surface area contributed by atoms with Gasteiger partial charge in [-0.1, -0.05) is 10.3 Å². The predicted octanol–water partition coefficient (Wildman–Crippen LogP) is 0.754. The molecule has 0 aromatic carbocycles. The summed E-state index contributed by atoms with van der Waals surface area (Å²) in [5.74, 6) is -0.0795. The summed E-state index contributed by atoms with van der Waals surface area (Å²) in [6, 6.07) is 0. The van der Waals surface area contributed by atoms with Crippen molar-refractivity contribution in [3.63, 3.8) is 0 Å². The highest BCUT2D eigenvalue weighted by molar-refractivity contribution is 5.80. The molecule has 128 valence electrons. The summed E-state index contributed by atoms with van der Waals surface area (Å²) in [5, 5.41) is 7.51. The number of hydrogen-bond acceptors (Lipinski definition) is 6. The molecule has 0 unspecified atom stereocenters. The average Bonchev–Trinajstić information content (AvgIpc) is 3.06. The molecule has 23 heavy (non-hydrogen) atoms. The molecule has 1 aliphatic heterocycles. The molecule has 1 aromatic rings. The van der Waals surface area contributed by atoms with Crippen molar-refractivity contribution < 1.29 is 19.0 Å². The van der Waals surface area contributed by atoms with Crippen LogP contribution in [0, 0.1) is 6.92 Å². The Balaban J connectivity index is 2.08. The maximum absolute atomic E-state index is 12.6. The van der Waals surface area contributed by atoms with Crippen LogP contribution in [0.2, 0.25) is 0 Å². The van der Waals surface area contributed by atoms with E-state index in [-0.39, 0.29) is 18.2 Å². The Morgan fingerprint density at radius 3 is 2.74 bits per heavy atom. The van der Waals surface area contributed by atoms with Gasteiger partial charge in [0.05, 0.1) is 25.1 Å². The van der Waals surface area contributed by atoms with Crippen LogP contribution in [0.25, 0.3) is 0 Å². The van der Waals surface area contributed by atoms with Crippen LogP contribution in [0.4, 0.5) is 0 Å². The first-order valence-corrected chi connectivity index (χ1v) is 7.69. The van der Waals surface area contributed by atoms with E-state index >= 15 is 0 Å². The van der Waals surface area contributed by atoms with Crippen molar-refractivity contribution in [2.75, 3.05) is 27.3 Å². The number of rotatable bonds is 6. The van der Waals surface area contributed by atoms with Crippen LogP contribution < -0.4 is 0 Å². The molecule has 0 saturated carbocycles. The Morgan fingerprint density at radius 2 is 2.17 bits per heavy atom. The zero-order valence-corrected chi connectivity index (χ0v) is 14.2. The van der Waals surface area contributed by atoms with E-state index in [4.69, 9.17) is 4.74 Å². The van der Waals surface area contributed by atoms with Gasteiger partial charge in [-0.2, -0.15) is 0 Å². The maximum atomic E-state index is 12.6. The second-order valence-electron chi connectivity index (χ2n) is 6.15. The van der Waals surface area contributed by atoms with E-state index in [0.29, 0.717) is 31.1 Å². The fourth-order valence-electron chi connectivity index (χ4n) is 3.21. The van der Waals surface area contributed by atoms with Crippen LogP contribution in [-0.2, 0) is 20.9 Å². The molecular weight excluding hydrogens is 300 g/mol. The van der Waals surface area contributed by atoms with E-state index in [2.05, 4.69) is 14.9 Å². The molecule has 0 spiro atoms. The summed E-state index contributed by atoms with van der Waals surface area (Å²) in [4.78, 5) is 27.9. The van der Waals surface area contributed by atoms with Crippen molar-refractivity contribution in [3.05, 3.63) is 11.4 Å². The molecule has 2 heterocycles. The van der Waals surface area contributed by atoms with Gasteiger partial charge in [0.1, 0.15) is 11.4 Å². The van der Waals surface area contributed by atoms with Crippen LogP contribution in [0.3, 0.4) is 0 Å². The Kier molecular flexibility index (Phi) is 5.35. The van der Waals surface area contributed by atoms with E-state index in [9.17, 15) is 9.59 Å². The van der Waals surface area contributed by atoms with E-state index in [1.165, 1.54) is 6.92 Å². The molecule has 2 rings (SSSR count). The van der Waals surface area contributed by atoms with Gasteiger partial charge in [-0.05, 0) is 19.8 Å². The monoisotopic (exact) mass is 324 g/mol. The minimum absolute atomic E-state index is 0.0217. The van der Waals surface area contributed by atoms with E-state index in [0.717, 1.165) is 12.8 Å². The molecule has 2 amide bonds. The molecule has 1 saturated heterocycles. The van der Waals surface area contributed by atoms with Crippen molar-refractivity contribution in [1.29, 1.82) is 0 Å². The number of methoxy groups -OCH3 is 1. The lowest BCUT2D eigenvalue weighted by atomic mass is 9.92. The summed E-state index contributed by atoms with van der Waals surface area (Å²) < 4.78 is 9.97. The Bertz CT molecular complexity index is 574. The van der Waals surface area contributed by atoms with Crippen LogP contribution in [0.1, 0.15) is 37.6 Å². The van der Waals surface area contributed by atoms with Gasteiger partial charge < -0.3 is 14.5 Å². The highest BCUT2D eigenvalue weighted by Gasteiger charge is 2.44. The summed E-state index contributed by atoms with van der Waals surface area (Å²) in [6.45, 7) is 4.68. The fraction of sp³-hybridized carbons (Fsp3) is 0.733. The van der Waals surface area contributed by atoms with Gasteiger partial charge in [0.25, 0.3) is 0 Å². The number of amides is 2. The smallest absolute Gasteiger partial charge is 0.225 e. The molecule has 0 bridgehead atoms. The fourth-order valence-corrected chi connectivity index (χ4v) is 3.21. The maximum Gasteiger partial charge on any atom is 0.225 e. The minimum atomic E-state index is -0.553. The largest absolute Gasteiger partial charge is 0.382 e. The summed E-state index contributed by atoms with van der Waals surface area (Å²) in [6.07, 6.45) is 1.89. The zero-order valence-electron chi connectivity index (χ0n) is 14.2. The molecular formula is C15H24N4O4. The van der Waals surface area contributed by atoms with Gasteiger partial charge in [-0.15, -0.1) is 0 Å². The number of hydrogen-bond donors (Lipinski definition) is 0. The Labute approximate surface area is 135 Å². The standard InChI is InChI=1S/C15H24N4O4/c1-11-13(17-23-16-11)9-18(3)14(21)8-15(10-22-4)6-5-7-19(15)12(2)20/h5-10H2,1-4H3/t15-/m1/s1. The molecule has 0 N–H and O–H groups in total. The summed E-state index contributed by atoms with van der Waals surface area (Å²) in [5.41, 5.74) is 0.752. The highest BCUT2D eigenvalue weighted by Crippen LogP contribution is 2.33. The molecule has 1 aliphatic rings. The van der Waals surface area contributed by atoms with Gasteiger partial charge in [-0.25, -0.2) is 4.63 Å². The Morgan fingerprint density at radius 1 is 1.43 bits per heavy atom. The van der Waals surface area contributed by atoms with Crippen LogP contribution >= 0.6 is 0 Å². The third kappa shape index (κ3) is 3.69. The first-order valence-electron chi connectivity index (χ1n) is 7.69. The van der Waals surface area contributed by atoms with Gasteiger partial charge in [-0.3, -0.25) is 9.59 Å². The average molecular weight is 324 g/mol. The molecule has 8 nitrogen and oxygen atoms in total. The second kappa shape index (κ2) is 7.08. The molecule has 1 aromatic heterocycles. The number of ether oxygens (including phenoxy) is 1. The Hall–Kier alpha value is -1.96. The van der Waals surface area contributed by atoms with E-state index in [1.807, 2.05) is 0 Å². The molecule has 1 atom stereocenters. The highest BCUT2D eigenvalue weighted by atomic mass is 16.6. The van der Waals surface area contributed by atoms with Crippen molar-refractivity contribution in [2.45, 2.75) is 45.2 Å². The second-order valence-corrected chi connectivity index (χ2v) is 6.15. The van der Waals surface area contributed by atoms with Crippen LogP contribution in [0.15, 0.2) is 4.63 Å². The third-order valence-corrected chi connectivity index (χ3v) is 4.43. The molecule has 0 aliphatic carbocycles. The van der Waals surface area contributed by atoms with Gasteiger partial charge in [0.2, 0.25) is 11.8 Å². The number of nitrogens with zero attached hydrogens (tertiary/aromatic N) is 4. The van der Waals surface area contributed by atoms with Crippen molar-refractivity contribution >= 4 is 11.8 Å². The van der Waals surface area contributed by atoms with Gasteiger partial charge >= 0.3 is 0 Å². The first kappa shape index (κ1) is 17.4. The zero-order chi connectivity index (χ0) is 17.0. The molecule has 1 fully saturated rings. The van der Waals surface area contributed by atoms with Gasteiger partial charge in [0, 0.05) is 27.6 Å². The number of carbonyl (C=O) groups is 2. The lowest BCUT2D eigenvalue weighted by Gasteiger charge is -2.38. The number of carbonyl (C=O) groups excluding carboxylic acids is 2. The predicted molar refractivity (Wildman–Crippen MR) is 81.4 cm³/mol. The summed E-state index contributed by atoms with van der Waals surface area (Å²) >= 11 is 0. The lowest BCUT2D eigenvalue weighted by Crippen LogP contribution is -2.52. The van der Waals surface area contributed by atoms with Crippen LogP contribution in [0.5, 0.6) is 0 Å². The first-order chi connectivity index (χ1) is 10.9. The lowest BCUT2D eigenvalue weighted by molar-refractivity contribution is -0.141. The van der Waals surface area contributed by atoms with Crippen LogP contribution in [-0.4, -0.2) is 64.8 Å². The number of likely N-dealkylation sites (tertiary alicyclic amines) is 1. The van der Waals surface area contributed by atoms with Crippen molar-refractivity contribution in [3.8, 4) is 0 Å².